The fraction of sp³-hybridized carbons (Fsp3) is 0.143. The molecule has 0 aliphatic heterocycles. The lowest BCUT2D eigenvalue weighted by Gasteiger charge is -2.05. The molecule has 0 radical (unpaired) electrons. The predicted molar refractivity (Wildman–Crippen MR) is 66.6 cm³/mol. The molecular weight excluding hydrogens is 250 g/mol. The van der Waals surface area contributed by atoms with Crippen molar-refractivity contribution in [1.29, 1.82) is 0 Å². The molecule has 1 aromatic heterocycles. The number of carbonyl (C=O) groups excluding carboxylic acids is 1. The Morgan fingerprint density at radius 3 is 2.79 bits per heavy atom. The molecule has 1 heterocycles. The number of aromatic nitrogens is 1. The van der Waals surface area contributed by atoms with Crippen molar-refractivity contribution in [2.75, 3.05) is 6.54 Å². The molecule has 2 aromatic rings. The Balaban J connectivity index is 1.90. The molecular formula is C14H12F2N2O. The summed E-state index contributed by atoms with van der Waals surface area (Å²) in [5.41, 5.74) is 0.675. The van der Waals surface area contributed by atoms with Gasteiger partial charge in [0.25, 0.3) is 5.91 Å². The highest BCUT2D eigenvalue weighted by Gasteiger charge is 2.10. The normalized spacial score (nSPS) is 10.2. The molecule has 98 valence electrons. The van der Waals surface area contributed by atoms with E-state index in [4.69, 9.17) is 0 Å². The number of pyridine rings is 1. The van der Waals surface area contributed by atoms with Crippen molar-refractivity contribution in [1.82, 2.24) is 10.3 Å². The van der Waals surface area contributed by atoms with Crippen LogP contribution in [0.15, 0.2) is 42.6 Å². The van der Waals surface area contributed by atoms with Crippen molar-refractivity contribution < 1.29 is 13.6 Å². The number of amides is 1. The molecule has 5 heteroatoms. The third-order valence-electron chi connectivity index (χ3n) is 2.59. The molecule has 1 aromatic carbocycles. The van der Waals surface area contributed by atoms with Crippen LogP contribution in [0.1, 0.15) is 15.9 Å². The van der Waals surface area contributed by atoms with Gasteiger partial charge in [0.15, 0.2) is 0 Å². The third-order valence-corrected chi connectivity index (χ3v) is 2.59. The number of rotatable bonds is 4. The molecule has 0 spiro atoms. The Morgan fingerprint density at radius 1 is 1.21 bits per heavy atom. The zero-order valence-electron chi connectivity index (χ0n) is 10.1. The maximum atomic E-state index is 13.2. The zero-order chi connectivity index (χ0) is 13.7. The second-order valence-corrected chi connectivity index (χ2v) is 3.98. The van der Waals surface area contributed by atoms with Gasteiger partial charge in [-0.1, -0.05) is 12.1 Å². The molecule has 0 aliphatic carbocycles. The summed E-state index contributed by atoms with van der Waals surface area (Å²) in [7, 11) is 0. The van der Waals surface area contributed by atoms with Crippen molar-refractivity contribution in [2.24, 2.45) is 0 Å². The minimum absolute atomic E-state index is 0.0956. The van der Waals surface area contributed by atoms with Crippen LogP contribution in [-0.2, 0) is 6.42 Å². The molecule has 0 atom stereocenters. The summed E-state index contributed by atoms with van der Waals surface area (Å²) in [6.07, 6.45) is 1.75. The number of hydrogen-bond donors (Lipinski definition) is 1. The lowest BCUT2D eigenvalue weighted by Crippen LogP contribution is -2.26. The highest BCUT2D eigenvalue weighted by Crippen LogP contribution is 2.05. The van der Waals surface area contributed by atoms with E-state index in [-0.39, 0.29) is 11.4 Å². The van der Waals surface area contributed by atoms with Crippen molar-refractivity contribution in [3.63, 3.8) is 0 Å². The minimum atomic E-state index is -0.800. The molecule has 1 amide bonds. The highest BCUT2D eigenvalue weighted by atomic mass is 19.1. The van der Waals surface area contributed by atoms with Gasteiger partial charge in [0.05, 0.1) is 5.56 Å². The van der Waals surface area contributed by atoms with Crippen LogP contribution >= 0.6 is 0 Å². The molecule has 3 nitrogen and oxygen atoms in total. The standard InChI is InChI=1S/C14H12F2N2O/c15-11-4-1-3-10(9-11)6-8-18-14(19)12-5-2-7-17-13(12)16/h1-5,7,9H,6,8H2,(H,18,19). The van der Waals surface area contributed by atoms with Gasteiger partial charge >= 0.3 is 0 Å². The number of nitrogens with one attached hydrogen (secondary N) is 1. The number of hydrogen-bond acceptors (Lipinski definition) is 2. The Bertz CT molecular complexity index is 587. The number of benzene rings is 1. The fourth-order valence-electron chi connectivity index (χ4n) is 1.66. The minimum Gasteiger partial charge on any atom is -0.352 e. The first kappa shape index (κ1) is 13.1. The average Bonchev–Trinajstić information content (AvgIpc) is 2.39. The first-order valence-corrected chi connectivity index (χ1v) is 5.80. The predicted octanol–water partition coefficient (Wildman–Crippen LogP) is 2.33. The first-order chi connectivity index (χ1) is 9.16. The Kier molecular flexibility index (Phi) is 4.18. The van der Waals surface area contributed by atoms with Gasteiger partial charge in [0.1, 0.15) is 5.82 Å². The van der Waals surface area contributed by atoms with Crippen LogP contribution in [0.25, 0.3) is 0 Å². The molecule has 2 rings (SSSR count). The van der Waals surface area contributed by atoms with E-state index in [1.165, 1.54) is 30.5 Å². The Hall–Kier alpha value is -2.30. The largest absolute Gasteiger partial charge is 0.352 e. The summed E-state index contributed by atoms with van der Waals surface area (Å²) in [5.74, 6) is -1.64. The van der Waals surface area contributed by atoms with E-state index in [1.54, 1.807) is 12.1 Å². The van der Waals surface area contributed by atoms with Crippen LogP contribution < -0.4 is 5.32 Å². The van der Waals surface area contributed by atoms with Gasteiger partial charge in [-0.05, 0) is 36.2 Å². The smallest absolute Gasteiger partial charge is 0.255 e. The second kappa shape index (κ2) is 6.04. The van der Waals surface area contributed by atoms with Gasteiger partial charge in [0, 0.05) is 12.7 Å². The second-order valence-electron chi connectivity index (χ2n) is 3.98. The summed E-state index contributed by atoms with van der Waals surface area (Å²) >= 11 is 0. The van der Waals surface area contributed by atoms with Gasteiger partial charge in [-0.15, -0.1) is 0 Å². The maximum absolute atomic E-state index is 13.2. The topological polar surface area (TPSA) is 42.0 Å². The summed E-state index contributed by atoms with van der Waals surface area (Å²) < 4.78 is 26.1. The van der Waals surface area contributed by atoms with Gasteiger partial charge in [-0.2, -0.15) is 4.39 Å². The van der Waals surface area contributed by atoms with Crippen molar-refractivity contribution in [3.05, 3.63) is 65.5 Å². The van der Waals surface area contributed by atoms with Crippen LogP contribution in [-0.4, -0.2) is 17.4 Å². The summed E-state index contributed by atoms with van der Waals surface area (Å²) in [6.45, 7) is 0.302. The Morgan fingerprint density at radius 2 is 2.05 bits per heavy atom. The van der Waals surface area contributed by atoms with E-state index in [0.717, 1.165) is 5.56 Å². The van der Waals surface area contributed by atoms with Crippen LogP contribution in [0.2, 0.25) is 0 Å². The molecule has 1 N–H and O–H groups in total. The van der Waals surface area contributed by atoms with E-state index < -0.39 is 11.9 Å². The van der Waals surface area contributed by atoms with Crippen molar-refractivity contribution in [2.45, 2.75) is 6.42 Å². The lowest BCUT2D eigenvalue weighted by molar-refractivity contribution is 0.0949. The van der Waals surface area contributed by atoms with Gasteiger partial charge in [-0.3, -0.25) is 4.79 Å². The highest BCUT2D eigenvalue weighted by molar-refractivity contribution is 5.94. The number of halogens is 2. The molecule has 19 heavy (non-hydrogen) atoms. The van der Waals surface area contributed by atoms with Crippen LogP contribution in [0.4, 0.5) is 8.78 Å². The fourth-order valence-corrected chi connectivity index (χ4v) is 1.66. The van der Waals surface area contributed by atoms with E-state index in [1.807, 2.05) is 0 Å². The van der Waals surface area contributed by atoms with Crippen molar-refractivity contribution >= 4 is 5.91 Å². The summed E-state index contributed by atoms with van der Waals surface area (Å²) in [4.78, 5) is 15.1. The van der Waals surface area contributed by atoms with E-state index in [0.29, 0.717) is 13.0 Å². The van der Waals surface area contributed by atoms with Gasteiger partial charge in [0.2, 0.25) is 5.95 Å². The SMILES string of the molecule is O=C(NCCc1cccc(F)c1)c1cccnc1F. The molecule has 0 unspecified atom stereocenters. The molecule has 0 fully saturated rings. The summed E-state index contributed by atoms with van der Waals surface area (Å²) in [5, 5.41) is 2.57. The molecule has 0 bridgehead atoms. The molecule has 0 saturated carbocycles. The van der Waals surface area contributed by atoms with E-state index in [9.17, 15) is 13.6 Å². The number of carbonyl (C=O) groups is 1. The third kappa shape index (κ3) is 3.58. The van der Waals surface area contributed by atoms with Crippen LogP contribution in [0.3, 0.4) is 0 Å². The lowest BCUT2D eigenvalue weighted by atomic mass is 10.1. The van der Waals surface area contributed by atoms with Crippen LogP contribution in [0, 0.1) is 11.8 Å². The van der Waals surface area contributed by atoms with E-state index in [2.05, 4.69) is 10.3 Å². The average molecular weight is 262 g/mol. The van der Waals surface area contributed by atoms with Crippen molar-refractivity contribution in [3.8, 4) is 0 Å². The summed E-state index contributed by atoms with van der Waals surface area (Å²) in [6, 6.07) is 8.97. The monoisotopic (exact) mass is 262 g/mol. The maximum Gasteiger partial charge on any atom is 0.255 e. The van der Waals surface area contributed by atoms with E-state index >= 15 is 0 Å². The Labute approximate surface area is 109 Å². The van der Waals surface area contributed by atoms with Gasteiger partial charge < -0.3 is 5.32 Å². The van der Waals surface area contributed by atoms with Crippen LogP contribution in [0.5, 0.6) is 0 Å². The quantitative estimate of drug-likeness (QED) is 0.859. The molecule has 0 aliphatic rings. The molecule has 0 saturated heterocycles. The number of nitrogens with zero attached hydrogens (tertiary/aromatic N) is 1. The zero-order valence-corrected chi connectivity index (χ0v) is 10.1. The van der Waals surface area contributed by atoms with Gasteiger partial charge in [-0.25, -0.2) is 9.37 Å². The first-order valence-electron chi connectivity index (χ1n) is 5.80.